The minimum absolute atomic E-state index is 0.00561. The van der Waals surface area contributed by atoms with Gasteiger partial charge in [0.1, 0.15) is 0 Å². The minimum Gasteiger partial charge on any atom is -0.339 e. The van der Waals surface area contributed by atoms with Gasteiger partial charge >= 0.3 is 0 Å². The highest BCUT2D eigenvalue weighted by Crippen LogP contribution is 2.29. The summed E-state index contributed by atoms with van der Waals surface area (Å²) in [4.78, 5) is 29.1. The predicted octanol–water partition coefficient (Wildman–Crippen LogP) is 2.83. The molecule has 1 saturated heterocycles. The minimum atomic E-state index is -0.244. The average Bonchev–Trinajstić information content (AvgIpc) is 2.85. The van der Waals surface area contributed by atoms with E-state index in [1.165, 1.54) is 11.3 Å². The number of amides is 2. The summed E-state index contributed by atoms with van der Waals surface area (Å²) in [5, 5.41) is 0. The molecule has 0 radical (unpaired) electrons. The Morgan fingerprint density at radius 3 is 2.57 bits per heavy atom. The van der Waals surface area contributed by atoms with Crippen LogP contribution >= 0.6 is 22.9 Å². The van der Waals surface area contributed by atoms with Gasteiger partial charge in [-0.1, -0.05) is 25.4 Å². The molecule has 1 aromatic rings. The van der Waals surface area contributed by atoms with E-state index in [2.05, 4.69) is 13.8 Å². The van der Waals surface area contributed by atoms with Gasteiger partial charge in [0.25, 0.3) is 0 Å². The van der Waals surface area contributed by atoms with Crippen molar-refractivity contribution in [1.82, 2.24) is 9.80 Å². The van der Waals surface area contributed by atoms with Crippen LogP contribution in [0.25, 0.3) is 0 Å². The lowest BCUT2D eigenvalue weighted by Crippen LogP contribution is -2.53. The van der Waals surface area contributed by atoms with Gasteiger partial charge in [0.15, 0.2) is 0 Å². The van der Waals surface area contributed by atoms with Crippen molar-refractivity contribution in [2.24, 2.45) is 5.92 Å². The number of hydrogen-bond donors (Lipinski definition) is 0. The summed E-state index contributed by atoms with van der Waals surface area (Å²) in [7, 11) is 0. The Bertz CT molecular complexity index is 529. The molecule has 21 heavy (non-hydrogen) atoms. The number of nitrogens with zero attached hydrogens (tertiary/aromatic N) is 2. The molecule has 0 aromatic carbocycles. The van der Waals surface area contributed by atoms with Gasteiger partial charge in [0, 0.05) is 24.5 Å². The lowest BCUT2D eigenvalue weighted by Gasteiger charge is -2.36. The quantitative estimate of drug-likeness (QED) is 0.852. The van der Waals surface area contributed by atoms with Crippen LogP contribution in [-0.4, -0.2) is 47.8 Å². The molecule has 0 saturated carbocycles. The summed E-state index contributed by atoms with van der Waals surface area (Å²) in [5.74, 6) is 0.251. The van der Waals surface area contributed by atoms with Gasteiger partial charge in [-0.2, -0.15) is 0 Å². The molecule has 0 N–H and O–H groups in total. The predicted molar refractivity (Wildman–Crippen MR) is 85.7 cm³/mol. The summed E-state index contributed by atoms with van der Waals surface area (Å²) in [6, 6.07) is 3.68. The molecule has 2 amide bonds. The molecule has 1 fully saturated rings. The second kappa shape index (κ2) is 6.79. The van der Waals surface area contributed by atoms with Crippen LogP contribution in [0.15, 0.2) is 12.1 Å². The van der Waals surface area contributed by atoms with E-state index in [4.69, 9.17) is 11.6 Å². The van der Waals surface area contributed by atoms with Crippen molar-refractivity contribution in [3.63, 3.8) is 0 Å². The van der Waals surface area contributed by atoms with Crippen LogP contribution in [0.3, 0.4) is 0 Å². The summed E-state index contributed by atoms with van der Waals surface area (Å²) >= 11 is 7.34. The van der Waals surface area contributed by atoms with E-state index in [0.29, 0.717) is 23.3 Å². The highest BCUT2D eigenvalue weighted by Gasteiger charge is 2.30. The number of halogens is 1. The van der Waals surface area contributed by atoms with Crippen molar-refractivity contribution in [3.05, 3.63) is 21.3 Å². The van der Waals surface area contributed by atoms with Gasteiger partial charge < -0.3 is 9.80 Å². The van der Waals surface area contributed by atoms with Crippen molar-refractivity contribution in [1.29, 1.82) is 0 Å². The molecule has 116 valence electrons. The number of carbonyl (C=O) groups excluding carboxylic acids is 2. The SMILES string of the molecule is CC(C)CN1CCN(C(=O)[C@@H](C)c2ccc(Cl)s2)CC1=O. The highest BCUT2D eigenvalue weighted by molar-refractivity contribution is 7.16. The Balaban J connectivity index is 1.97. The molecular weight excluding hydrogens is 308 g/mol. The number of thiophene rings is 1. The van der Waals surface area contributed by atoms with Crippen LogP contribution in [0, 0.1) is 5.92 Å². The molecule has 1 aromatic heterocycles. The van der Waals surface area contributed by atoms with E-state index < -0.39 is 0 Å². The molecule has 1 aliphatic rings. The highest BCUT2D eigenvalue weighted by atomic mass is 35.5. The molecule has 0 unspecified atom stereocenters. The summed E-state index contributed by atoms with van der Waals surface area (Å²) in [5.41, 5.74) is 0. The lowest BCUT2D eigenvalue weighted by atomic mass is 10.1. The van der Waals surface area contributed by atoms with E-state index in [-0.39, 0.29) is 24.3 Å². The van der Waals surface area contributed by atoms with Crippen molar-refractivity contribution >= 4 is 34.8 Å². The first-order chi connectivity index (χ1) is 9.88. The van der Waals surface area contributed by atoms with E-state index in [1.807, 2.05) is 17.9 Å². The van der Waals surface area contributed by atoms with E-state index >= 15 is 0 Å². The van der Waals surface area contributed by atoms with E-state index in [1.54, 1.807) is 11.0 Å². The molecular formula is C15H21ClN2O2S. The third kappa shape index (κ3) is 3.98. The zero-order valence-electron chi connectivity index (χ0n) is 12.6. The average molecular weight is 329 g/mol. The Hall–Kier alpha value is -1.07. The summed E-state index contributed by atoms with van der Waals surface area (Å²) in [6.07, 6.45) is 0. The van der Waals surface area contributed by atoms with Gasteiger partial charge in [-0.05, 0) is 25.0 Å². The number of hydrogen-bond acceptors (Lipinski definition) is 3. The van der Waals surface area contributed by atoms with Crippen LogP contribution in [0.5, 0.6) is 0 Å². The van der Waals surface area contributed by atoms with E-state index in [9.17, 15) is 9.59 Å². The molecule has 0 spiro atoms. The van der Waals surface area contributed by atoms with Gasteiger partial charge in [-0.3, -0.25) is 9.59 Å². The first kappa shape index (κ1) is 16.3. The van der Waals surface area contributed by atoms with Gasteiger partial charge in [0.05, 0.1) is 16.8 Å². The first-order valence-corrected chi connectivity index (χ1v) is 8.39. The number of carbonyl (C=O) groups is 2. The molecule has 0 bridgehead atoms. The molecule has 2 heterocycles. The van der Waals surface area contributed by atoms with Crippen molar-refractivity contribution in [3.8, 4) is 0 Å². The largest absolute Gasteiger partial charge is 0.339 e. The third-order valence-electron chi connectivity index (χ3n) is 3.61. The van der Waals surface area contributed by atoms with Gasteiger partial charge in [-0.25, -0.2) is 0 Å². The molecule has 2 rings (SSSR count). The third-order valence-corrected chi connectivity index (χ3v) is 5.02. The maximum absolute atomic E-state index is 12.5. The number of rotatable bonds is 4. The summed E-state index contributed by atoms with van der Waals surface area (Å²) < 4.78 is 0.683. The fraction of sp³-hybridized carbons (Fsp3) is 0.600. The van der Waals surface area contributed by atoms with Crippen molar-refractivity contribution in [2.75, 3.05) is 26.2 Å². The zero-order chi connectivity index (χ0) is 15.6. The van der Waals surface area contributed by atoms with Crippen LogP contribution < -0.4 is 0 Å². The number of piperazine rings is 1. The van der Waals surface area contributed by atoms with Crippen molar-refractivity contribution < 1.29 is 9.59 Å². The standard InChI is InChI=1S/C15H21ClN2O2S/c1-10(2)8-17-6-7-18(9-14(17)19)15(20)11(3)12-4-5-13(16)21-12/h4-5,10-11H,6-9H2,1-3H3/t11-/m0/s1. The maximum Gasteiger partial charge on any atom is 0.242 e. The molecule has 0 aliphatic carbocycles. The smallest absolute Gasteiger partial charge is 0.242 e. The van der Waals surface area contributed by atoms with Gasteiger partial charge in [-0.15, -0.1) is 11.3 Å². The second-order valence-electron chi connectivity index (χ2n) is 5.86. The Labute approximate surface area is 134 Å². The van der Waals surface area contributed by atoms with Crippen LogP contribution in [0.2, 0.25) is 4.34 Å². The van der Waals surface area contributed by atoms with Crippen LogP contribution in [0.1, 0.15) is 31.6 Å². The first-order valence-electron chi connectivity index (χ1n) is 7.20. The lowest BCUT2D eigenvalue weighted by molar-refractivity contribution is -0.146. The maximum atomic E-state index is 12.5. The normalized spacial score (nSPS) is 17.5. The van der Waals surface area contributed by atoms with Crippen LogP contribution in [-0.2, 0) is 9.59 Å². The second-order valence-corrected chi connectivity index (χ2v) is 7.60. The van der Waals surface area contributed by atoms with E-state index in [0.717, 1.165) is 11.4 Å². The Morgan fingerprint density at radius 2 is 2.05 bits per heavy atom. The molecule has 6 heteroatoms. The zero-order valence-corrected chi connectivity index (χ0v) is 14.2. The topological polar surface area (TPSA) is 40.6 Å². The molecule has 1 aliphatic heterocycles. The van der Waals surface area contributed by atoms with Crippen molar-refractivity contribution in [2.45, 2.75) is 26.7 Å². The van der Waals surface area contributed by atoms with Crippen LogP contribution in [0.4, 0.5) is 0 Å². The summed E-state index contributed by atoms with van der Waals surface area (Å²) in [6.45, 7) is 8.24. The van der Waals surface area contributed by atoms with Gasteiger partial charge in [0.2, 0.25) is 11.8 Å². The molecule has 4 nitrogen and oxygen atoms in total. The monoisotopic (exact) mass is 328 g/mol. The molecule has 1 atom stereocenters. The fourth-order valence-corrected chi connectivity index (χ4v) is 3.59. The fourth-order valence-electron chi connectivity index (χ4n) is 2.49. The Morgan fingerprint density at radius 1 is 1.33 bits per heavy atom. The Kier molecular flexibility index (Phi) is 5.27.